The number of methoxy groups -OCH3 is 1. The van der Waals surface area contributed by atoms with Crippen molar-refractivity contribution in [1.29, 1.82) is 0 Å². The number of nitrogens with zero attached hydrogens (tertiary/aromatic N) is 1. The highest BCUT2D eigenvalue weighted by atomic mass is 16.5. The van der Waals surface area contributed by atoms with Crippen molar-refractivity contribution in [2.75, 3.05) is 13.7 Å². The maximum absolute atomic E-state index is 11.6. The van der Waals surface area contributed by atoms with Crippen molar-refractivity contribution in [2.45, 2.75) is 12.1 Å². The van der Waals surface area contributed by atoms with Gasteiger partial charge in [-0.1, -0.05) is 6.08 Å². The highest BCUT2D eigenvalue weighted by Crippen LogP contribution is 2.36. The summed E-state index contributed by atoms with van der Waals surface area (Å²) in [6, 6.07) is 1.80. The lowest BCUT2D eigenvalue weighted by atomic mass is 9.92. The lowest BCUT2D eigenvalue weighted by Crippen LogP contribution is -2.59. The SMILES string of the molecule is C=CCN1C(=O)[C@@H](OC)[C@H]1c1ccoc1. The fourth-order valence-corrected chi connectivity index (χ4v) is 1.89. The number of rotatable bonds is 4. The first-order valence-electron chi connectivity index (χ1n) is 4.76. The van der Waals surface area contributed by atoms with Crippen molar-refractivity contribution in [3.8, 4) is 0 Å². The van der Waals surface area contributed by atoms with E-state index in [0.29, 0.717) is 6.54 Å². The molecule has 2 heterocycles. The van der Waals surface area contributed by atoms with Gasteiger partial charge in [0.25, 0.3) is 5.91 Å². The second-order valence-electron chi connectivity index (χ2n) is 3.44. The normalized spacial score (nSPS) is 25.1. The summed E-state index contributed by atoms with van der Waals surface area (Å²) in [6.07, 6.45) is 4.55. The number of carbonyl (C=O) groups is 1. The highest BCUT2D eigenvalue weighted by Gasteiger charge is 2.48. The smallest absolute Gasteiger partial charge is 0.255 e. The quantitative estimate of drug-likeness (QED) is 0.553. The number of ether oxygens (including phenoxy) is 1. The molecule has 2 rings (SSSR count). The molecule has 2 atom stereocenters. The fraction of sp³-hybridized carbons (Fsp3) is 0.364. The second kappa shape index (κ2) is 3.90. The zero-order valence-electron chi connectivity index (χ0n) is 8.55. The van der Waals surface area contributed by atoms with Crippen LogP contribution in [0.2, 0.25) is 0 Å². The third-order valence-electron chi connectivity index (χ3n) is 2.61. The van der Waals surface area contributed by atoms with E-state index in [1.54, 1.807) is 30.6 Å². The molecule has 0 radical (unpaired) electrons. The number of carbonyl (C=O) groups excluding carboxylic acids is 1. The molecule has 0 aromatic carbocycles. The van der Waals surface area contributed by atoms with Crippen LogP contribution >= 0.6 is 0 Å². The van der Waals surface area contributed by atoms with Crippen molar-refractivity contribution < 1.29 is 13.9 Å². The molecule has 80 valence electrons. The number of hydrogen-bond donors (Lipinski definition) is 0. The van der Waals surface area contributed by atoms with Crippen LogP contribution in [0.15, 0.2) is 35.7 Å². The molecule has 1 aliphatic heterocycles. The molecule has 1 aromatic rings. The van der Waals surface area contributed by atoms with E-state index in [1.807, 2.05) is 6.07 Å². The van der Waals surface area contributed by atoms with Crippen LogP contribution in [0.25, 0.3) is 0 Å². The molecular formula is C11H13NO3. The van der Waals surface area contributed by atoms with Gasteiger partial charge in [-0.05, 0) is 6.07 Å². The van der Waals surface area contributed by atoms with Gasteiger partial charge in [-0.3, -0.25) is 4.79 Å². The van der Waals surface area contributed by atoms with Crippen LogP contribution in [-0.4, -0.2) is 30.6 Å². The molecule has 0 aliphatic carbocycles. The molecule has 15 heavy (non-hydrogen) atoms. The first-order valence-corrected chi connectivity index (χ1v) is 4.76. The minimum atomic E-state index is -0.387. The summed E-state index contributed by atoms with van der Waals surface area (Å²) in [5.74, 6) is 0.00333. The molecule has 1 amide bonds. The molecule has 0 bridgehead atoms. The lowest BCUT2D eigenvalue weighted by molar-refractivity contribution is -0.169. The summed E-state index contributed by atoms with van der Waals surface area (Å²) >= 11 is 0. The lowest BCUT2D eigenvalue weighted by Gasteiger charge is -2.45. The Balaban J connectivity index is 2.20. The molecule has 0 unspecified atom stereocenters. The Kier molecular flexibility index (Phi) is 2.60. The van der Waals surface area contributed by atoms with Gasteiger partial charge in [0.1, 0.15) is 0 Å². The molecule has 0 N–H and O–H groups in total. The zero-order chi connectivity index (χ0) is 10.8. The first kappa shape index (κ1) is 9.98. The summed E-state index contributed by atoms with van der Waals surface area (Å²) < 4.78 is 10.2. The molecule has 0 saturated carbocycles. The topological polar surface area (TPSA) is 42.7 Å². The van der Waals surface area contributed by atoms with E-state index < -0.39 is 0 Å². The summed E-state index contributed by atoms with van der Waals surface area (Å²) in [5, 5.41) is 0. The van der Waals surface area contributed by atoms with Crippen LogP contribution < -0.4 is 0 Å². The number of likely N-dealkylation sites (tertiary alicyclic amines) is 1. The molecule has 4 nitrogen and oxygen atoms in total. The van der Waals surface area contributed by atoms with E-state index in [-0.39, 0.29) is 18.1 Å². The standard InChI is InChI=1S/C11H13NO3/c1-3-5-12-9(8-4-6-15-7-8)10(14-2)11(12)13/h3-4,6-7,9-10H,1,5H2,2H3/t9-,10+/m1/s1. The summed E-state index contributed by atoms with van der Waals surface area (Å²) in [7, 11) is 1.54. The van der Waals surface area contributed by atoms with Gasteiger partial charge in [0.05, 0.1) is 18.6 Å². The maximum Gasteiger partial charge on any atom is 0.255 e. The van der Waals surface area contributed by atoms with E-state index >= 15 is 0 Å². The van der Waals surface area contributed by atoms with E-state index in [2.05, 4.69) is 6.58 Å². The van der Waals surface area contributed by atoms with E-state index in [4.69, 9.17) is 9.15 Å². The van der Waals surface area contributed by atoms with Gasteiger partial charge in [0.2, 0.25) is 0 Å². The van der Waals surface area contributed by atoms with Crippen LogP contribution in [0, 0.1) is 0 Å². The molecule has 4 heteroatoms. The van der Waals surface area contributed by atoms with Crippen LogP contribution in [0.4, 0.5) is 0 Å². The average Bonchev–Trinajstić information content (AvgIpc) is 2.74. The average molecular weight is 207 g/mol. The Morgan fingerprint density at radius 2 is 2.53 bits per heavy atom. The van der Waals surface area contributed by atoms with Crippen LogP contribution in [-0.2, 0) is 9.53 Å². The van der Waals surface area contributed by atoms with Gasteiger partial charge < -0.3 is 14.1 Å². The minimum absolute atomic E-state index is 0.00333. The number of furan rings is 1. The Hall–Kier alpha value is -1.55. The molecule has 0 spiro atoms. The van der Waals surface area contributed by atoms with Gasteiger partial charge in [0.15, 0.2) is 6.10 Å². The van der Waals surface area contributed by atoms with Gasteiger partial charge in [-0.2, -0.15) is 0 Å². The minimum Gasteiger partial charge on any atom is -0.472 e. The summed E-state index contributed by atoms with van der Waals surface area (Å²) in [4.78, 5) is 13.3. The molecular weight excluding hydrogens is 194 g/mol. The van der Waals surface area contributed by atoms with Crippen molar-refractivity contribution in [3.63, 3.8) is 0 Å². The molecule has 1 aromatic heterocycles. The van der Waals surface area contributed by atoms with Gasteiger partial charge in [-0.25, -0.2) is 0 Å². The third kappa shape index (κ3) is 1.47. The van der Waals surface area contributed by atoms with E-state index in [1.165, 1.54) is 0 Å². The molecule has 1 fully saturated rings. The number of amides is 1. The van der Waals surface area contributed by atoms with Crippen molar-refractivity contribution >= 4 is 5.91 Å². The van der Waals surface area contributed by atoms with Gasteiger partial charge in [-0.15, -0.1) is 6.58 Å². The molecule has 1 aliphatic rings. The van der Waals surface area contributed by atoms with E-state index in [9.17, 15) is 4.79 Å². The first-order chi connectivity index (χ1) is 7.29. The highest BCUT2D eigenvalue weighted by molar-refractivity contribution is 5.89. The predicted molar refractivity (Wildman–Crippen MR) is 54.2 cm³/mol. The van der Waals surface area contributed by atoms with E-state index in [0.717, 1.165) is 5.56 Å². The third-order valence-corrected chi connectivity index (χ3v) is 2.61. The molecule has 1 saturated heterocycles. The van der Waals surface area contributed by atoms with Crippen LogP contribution in [0.1, 0.15) is 11.6 Å². The van der Waals surface area contributed by atoms with Crippen LogP contribution in [0.5, 0.6) is 0 Å². The summed E-state index contributed by atoms with van der Waals surface area (Å²) in [6.45, 7) is 4.16. The second-order valence-corrected chi connectivity index (χ2v) is 3.44. The Morgan fingerprint density at radius 3 is 3.07 bits per heavy atom. The Bertz CT molecular complexity index is 358. The predicted octanol–water partition coefficient (Wildman–Crippen LogP) is 1.36. The summed E-state index contributed by atoms with van der Waals surface area (Å²) in [5.41, 5.74) is 0.961. The number of hydrogen-bond acceptors (Lipinski definition) is 3. The van der Waals surface area contributed by atoms with Crippen molar-refractivity contribution in [2.24, 2.45) is 0 Å². The maximum atomic E-state index is 11.6. The van der Waals surface area contributed by atoms with Crippen molar-refractivity contribution in [1.82, 2.24) is 4.90 Å². The van der Waals surface area contributed by atoms with Gasteiger partial charge in [0, 0.05) is 19.2 Å². The Labute approximate surface area is 88.1 Å². The number of β-lactam (4-membered cyclic amide) rings is 1. The fourth-order valence-electron chi connectivity index (χ4n) is 1.89. The monoisotopic (exact) mass is 207 g/mol. The van der Waals surface area contributed by atoms with Gasteiger partial charge >= 0.3 is 0 Å². The largest absolute Gasteiger partial charge is 0.472 e. The zero-order valence-corrected chi connectivity index (χ0v) is 8.55. The van der Waals surface area contributed by atoms with Crippen molar-refractivity contribution in [3.05, 3.63) is 36.8 Å². The Morgan fingerprint density at radius 1 is 1.73 bits per heavy atom. The van der Waals surface area contributed by atoms with Crippen LogP contribution in [0.3, 0.4) is 0 Å².